The Kier molecular flexibility index (Phi) is 3.46. The van der Waals surface area contributed by atoms with Crippen LogP contribution in [0.1, 0.15) is 31.4 Å². The molecule has 1 aromatic carbocycles. The van der Waals surface area contributed by atoms with Crippen LogP contribution in [0.2, 0.25) is 0 Å². The molecule has 2 heterocycles. The van der Waals surface area contributed by atoms with Crippen LogP contribution in [-0.2, 0) is 0 Å². The minimum atomic E-state index is -0.632. The second kappa shape index (κ2) is 5.10. The molecule has 3 nitrogen and oxygen atoms in total. The summed E-state index contributed by atoms with van der Waals surface area (Å²) in [4.78, 5) is 4.61. The predicted octanol–water partition coefficient (Wildman–Crippen LogP) is 2.16. The summed E-state index contributed by atoms with van der Waals surface area (Å²) in [5.41, 5.74) is 1.30. The zero-order valence-corrected chi connectivity index (χ0v) is 11.3. The van der Waals surface area contributed by atoms with Gasteiger partial charge >= 0.3 is 0 Å². The van der Waals surface area contributed by atoms with Gasteiger partial charge in [-0.05, 0) is 32.4 Å². The van der Waals surface area contributed by atoms with E-state index in [2.05, 4.69) is 9.80 Å². The highest BCUT2D eigenvalue weighted by molar-refractivity contribution is 5.56. The molecule has 104 valence electrons. The first kappa shape index (κ1) is 12.9. The maximum Gasteiger partial charge on any atom is 0.146 e. The van der Waals surface area contributed by atoms with E-state index in [1.54, 1.807) is 13.0 Å². The Balaban J connectivity index is 1.89. The Labute approximate surface area is 113 Å². The van der Waals surface area contributed by atoms with Gasteiger partial charge < -0.3 is 10.0 Å². The Morgan fingerprint density at radius 3 is 2.95 bits per heavy atom. The number of hydrogen-bond acceptors (Lipinski definition) is 3. The van der Waals surface area contributed by atoms with Gasteiger partial charge in [-0.15, -0.1) is 0 Å². The minimum Gasteiger partial charge on any atom is -0.389 e. The standard InChI is InChI=1S/C15H21FN2O/c1-11(19)13-5-2-6-14(16)15(13)18-9-8-17-7-3-4-12(17)10-18/h2,5-6,11-12,19H,3-4,7-10H2,1H3. The van der Waals surface area contributed by atoms with Crippen molar-refractivity contribution in [1.82, 2.24) is 4.90 Å². The second-order valence-corrected chi connectivity index (χ2v) is 5.63. The van der Waals surface area contributed by atoms with Crippen LogP contribution in [0.5, 0.6) is 0 Å². The average Bonchev–Trinajstić information content (AvgIpc) is 2.85. The molecular weight excluding hydrogens is 243 g/mol. The number of piperazine rings is 1. The molecule has 1 aromatic rings. The topological polar surface area (TPSA) is 26.7 Å². The lowest BCUT2D eigenvalue weighted by Gasteiger charge is -2.39. The largest absolute Gasteiger partial charge is 0.389 e. The van der Waals surface area contributed by atoms with Gasteiger partial charge in [0.25, 0.3) is 0 Å². The number of fused-ring (bicyclic) bond motifs is 1. The summed E-state index contributed by atoms with van der Waals surface area (Å²) < 4.78 is 14.2. The molecular formula is C15H21FN2O. The molecule has 2 unspecified atom stereocenters. The molecule has 0 radical (unpaired) electrons. The first-order valence-electron chi connectivity index (χ1n) is 7.12. The molecule has 0 aliphatic carbocycles. The molecule has 2 aliphatic rings. The van der Waals surface area contributed by atoms with Crippen molar-refractivity contribution in [2.24, 2.45) is 0 Å². The van der Waals surface area contributed by atoms with Crippen molar-refractivity contribution < 1.29 is 9.50 Å². The first-order chi connectivity index (χ1) is 9.16. The van der Waals surface area contributed by atoms with Crippen LogP contribution in [0.4, 0.5) is 10.1 Å². The maximum atomic E-state index is 14.2. The number of rotatable bonds is 2. The lowest BCUT2D eigenvalue weighted by atomic mass is 10.0. The van der Waals surface area contributed by atoms with E-state index in [0.717, 1.165) is 19.6 Å². The van der Waals surface area contributed by atoms with Crippen LogP contribution in [0.25, 0.3) is 0 Å². The number of aliphatic hydroxyl groups is 1. The SMILES string of the molecule is CC(O)c1cccc(F)c1N1CCN2CCCC2C1. The van der Waals surface area contributed by atoms with Crippen molar-refractivity contribution in [3.63, 3.8) is 0 Å². The van der Waals surface area contributed by atoms with Crippen molar-refractivity contribution in [3.05, 3.63) is 29.6 Å². The number of halogens is 1. The van der Waals surface area contributed by atoms with Gasteiger partial charge in [0.2, 0.25) is 0 Å². The summed E-state index contributed by atoms with van der Waals surface area (Å²) >= 11 is 0. The lowest BCUT2D eigenvalue weighted by Crippen LogP contribution is -2.50. The summed E-state index contributed by atoms with van der Waals surface area (Å²) in [6.45, 7) is 5.60. The molecule has 3 rings (SSSR count). The van der Waals surface area contributed by atoms with Gasteiger partial charge in [0.15, 0.2) is 0 Å². The molecule has 2 atom stereocenters. The molecule has 2 saturated heterocycles. The summed E-state index contributed by atoms with van der Waals surface area (Å²) in [6, 6.07) is 5.54. The van der Waals surface area contributed by atoms with Gasteiger partial charge in [0.05, 0.1) is 11.8 Å². The van der Waals surface area contributed by atoms with E-state index in [-0.39, 0.29) is 5.82 Å². The van der Waals surface area contributed by atoms with Gasteiger partial charge in [0, 0.05) is 31.2 Å². The summed E-state index contributed by atoms with van der Waals surface area (Å²) in [6.07, 6.45) is 1.82. The van der Waals surface area contributed by atoms with E-state index >= 15 is 0 Å². The van der Waals surface area contributed by atoms with Gasteiger partial charge in [-0.1, -0.05) is 12.1 Å². The van der Waals surface area contributed by atoms with Gasteiger partial charge in [-0.25, -0.2) is 4.39 Å². The Morgan fingerprint density at radius 2 is 2.16 bits per heavy atom. The highest BCUT2D eigenvalue weighted by Gasteiger charge is 2.32. The fourth-order valence-electron chi connectivity index (χ4n) is 3.40. The number of anilines is 1. The molecule has 19 heavy (non-hydrogen) atoms. The predicted molar refractivity (Wildman–Crippen MR) is 73.8 cm³/mol. The number of para-hydroxylation sites is 1. The minimum absolute atomic E-state index is 0.218. The monoisotopic (exact) mass is 264 g/mol. The third kappa shape index (κ3) is 2.35. The number of hydrogen-bond donors (Lipinski definition) is 1. The summed E-state index contributed by atoms with van der Waals surface area (Å²) in [5.74, 6) is -0.218. The smallest absolute Gasteiger partial charge is 0.146 e. The van der Waals surface area contributed by atoms with Gasteiger partial charge in [-0.3, -0.25) is 4.90 Å². The fraction of sp³-hybridized carbons (Fsp3) is 0.600. The first-order valence-corrected chi connectivity index (χ1v) is 7.12. The third-order valence-electron chi connectivity index (χ3n) is 4.37. The molecule has 0 saturated carbocycles. The van der Waals surface area contributed by atoms with Gasteiger partial charge in [-0.2, -0.15) is 0 Å². The normalized spacial score (nSPS) is 25.4. The zero-order chi connectivity index (χ0) is 13.4. The van der Waals surface area contributed by atoms with E-state index in [1.807, 2.05) is 6.07 Å². The van der Waals surface area contributed by atoms with Gasteiger partial charge in [0.1, 0.15) is 5.82 Å². The van der Waals surface area contributed by atoms with Crippen molar-refractivity contribution in [2.45, 2.75) is 31.9 Å². The van der Waals surface area contributed by atoms with E-state index in [0.29, 0.717) is 17.3 Å². The van der Waals surface area contributed by atoms with Crippen LogP contribution in [0, 0.1) is 5.82 Å². The van der Waals surface area contributed by atoms with Crippen LogP contribution >= 0.6 is 0 Å². The average molecular weight is 264 g/mol. The number of aliphatic hydroxyl groups excluding tert-OH is 1. The second-order valence-electron chi connectivity index (χ2n) is 5.63. The van der Waals surface area contributed by atoms with Crippen molar-refractivity contribution in [1.29, 1.82) is 0 Å². The van der Waals surface area contributed by atoms with E-state index in [1.165, 1.54) is 25.5 Å². The van der Waals surface area contributed by atoms with Crippen LogP contribution in [0.3, 0.4) is 0 Å². The van der Waals surface area contributed by atoms with Crippen LogP contribution in [0.15, 0.2) is 18.2 Å². The highest BCUT2D eigenvalue weighted by atomic mass is 19.1. The lowest BCUT2D eigenvalue weighted by molar-refractivity contribution is 0.197. The number of benzene rings is 1. The zero-order valence-electron chi connectivity index (χ0n) is 11.3. The maximum absolute atomic E-state index is 14.2. The molecule has 4 heteroatoms. The van der Waals surface area contributed by atoms with Crippen molar-refractivity contribution >= 4 is 5.69 Å². The molecule has 0 spiro atoms. The van der Waals surface area contributed by atoms with Crippen LogP contribution < -0.4 is 4.90 Å². The Morgan fingerprint density at radius 1 is 1.32 bits per heavy atom. The number of nitrogens with zero attached hydrogens (tertiary/aromatic N) is 2. The van der Waals surface area contributed by atoms with Crippen molar-refractivity contribution in [3.8, 4) is 0 Å². The highest BCUT2D eigenvalue weighted by Crippen LogP contribution is 2.32. The molecule has 0 amide bonds. The van der Waals surface area contributed by atoms with E-state index < -0.39 is 6.10 Å². The molecule has 1 N–H and O–H groups in total. The molecule has 2 fully saturated rings. The van der Waals surface area contributed by atoms with E-state index in [9.17, 15) is 9.50 Å². The Bertz CT molecular complexity index is 463. The Hall–Kier alpha value is -1.13. The summed E-state index contributed by atoms with van der Waals surface area (Å²) in [7, 11) is 0. The fourth-order valence-corrected chi connectivity index (χ4v) is 3.40. The molecule has 0 aromatic heterocycles. The van der Waals surface area contributed by atoms with Crippen molar-refractivity contribution in [2.75, 3.05) is 31.1 Å². The van der Waals surface area contributed by atoms with E-state index in [4.69, 9.17) is 0 Å². The van der Waals surface area contributed by atoms with Crippen LogP contribution in [-0.4, -0.2) is 42.2 Å². The quantitative estimate of drug-likeness (QED) is 0.887. The molecule has 0 bridgehead atoms. The summed E-state index contributed by atoms with van der Waals surface area (Å²) in [5, 5.41) is 9.84. The third-order valence-corrected chi connectivity index (χ3v) is 4.37. The molecule has 2 aliphatic heterocycles.